The minimum atomic E-state index is 0.777. The van der Waals surface area contributed by atoms with Gasteiger partial charge in [-0.15, -0.1) is 0 Å². The lowest BCUT2D eigenvalue weighted by atomic mass is 10.1. The summed E-state index contributed by atoms with van der Waals surface area (Å²) in [6.45, 7) is 0. The fraction of sp³-hybridized carbons (Fsp3) is 0.0476. The van der Waals surface area contributed by atoms with Gasteiger partial charge in [-0.05, 0) is 36.4 Å². The molecule has 0 spiro atoms. The van der Waals surface area contributed by atoms with Gasteiger partial charge in [-0.2, -0.15) is 0 Å². The summed E-state index contributed by atoms with van der Waals surface area (Å²) in [5, 5.41) is 0. The summed E-state index contributed by atoms with van der Waals surface area (Å²) in [5.41, 5.74) is 2.97. The molecule has 4 rings (SSSR count). The van der Waals surface area contributed by atoms with Crippen molar-refractivity contribution in [1.29, 1.82) is 0 Å². The van der Waals surface area contributed by atoms with Crippen molar-refractivity contribution in [2.24, 2.45) is 7.05 Å². The summed E-state index contributed by atoms with van der Waals surface area (Å²) in [7, 11) is 1.98. The van der Waals surface area contributed by atoms with E-state index in [-0.39, 0.29) is 0 Å². The summed E-state index contributed by atoms with van der Waals surface area (Å²) in [6.07, 6.45) is 5.51. The van der Waals surface area contributed by atoms with Crippen molar-refractivity contribution in [3.05, 3.63) is 85.3 Å². The van der Waals surface area contributed by atoms with Crippen LogP contribution in [0.25, 0.3) is 22.6 Å². The maximum Gasteiger partial charge on any atom is 0.139 e. The summed E-state index contributed by atoms with van der Waals surface area (Å²) < 4.78 is 8.04. The molecule has 122 valence electrons. The van der Waals surface area contributed by atoms with Gasteiger partial charge in [0.15, 0.2) is 0 Å². The molecule has 0 atom stereocenters. The molecule has 0 amide bonds. The Labute approximate surface area is 146 Å². The van der Waals surface area contributed by atoms with E-state index in [0.717, 1.165) is 34.1 Å². The second-order valence-corrected chi connectivity index (χ2v) is 5.73. The predicted molar refractivity (Wildman–Crippen MR) is 98.4 cm³/mol. The number of benzene rings is 2. The molecule has 0 unspecified atom stereocenters. The molecule has 0 bridgehead atoms. The number of aromatic nitrogens is 3. The number of aryl methyl sites for hydroxylation is 1. The van der Waals surface area contributed by atoms with Gasteiger partial charge in [-0.25, -0.2) is 4.98 Å². The van der Waals surface area contributed by atoms with Crippen molar-refractivity contribution >= 4 is 0 Å². The van der Waals surface area contributed by atoms with Crippen molar-refractivity contribution in [3.8, 4) is 34.1 Å². The van der Waals surface area contributed by atoms with Gasteiger partial charge in [-0.1, -0.05) is 30.3 Å². The van der Waals surface area contributed by atoms with E-state index in [9.17, 15) is 0 Å². The van der Waals surface area contributed by atoms with Gasteiger partial charge in [0.1, 0.15) is 17.3 Å². The van der Waals surface area contributed by atoms with Crippen LogP contribution < -0.4 is 4.74 Å². The number of hydrogen-bond donors (Lipinski definition) is 0. The summed E-state index contributed by atoms with van der Waals surface area (Å²) >= 11 is 0. The molecule has 0 aliphatic rings. The lowest BCUT2D eigenvalue weighted by Crippen LogP contribution is -1.92. The lowest BCUT2D eigenvalue weighted by Gasteiger charge is -2.09. The molecule has 0 saturated carbocycles. The molecule has 2 heterocycles. The van der Waals surface area contributed by atoms with Gasteiger partial charge >= 0.3 is 0 Å². The molecule has 2 aromatic heterocycles. The molecule has 0 aliphatic heterocycles. The quantitative estimate of drug-likeness (QED) is 0.533. The van der Waals surface area contributed by atoms with Gasteiger partial charge < -0.3 is 9.30 Å². The van der Waals surface area contributed by atoms with Gasteiger partial charge in [0.25, 0.3) is 0 Å². The molecule has 0 fully saturated rings. The molecule has 0 saturated heterocycles. The zero-order valence-corrected chi connectivity index (χ0v) is 13.8. The van der Waals surface area contributed by atoms with Crippen LogP contribution in [0, 0.1) is 0 Å². The Morgan fingerprint density at radius 1 is 0.760 bits per heavy atom. The van der Waals surface area contributed by atoms with Crippen LogP contribution in [0.1, 0.15) is 0 Å². The Bertz CT molecular complexity index is 993. The van der Waals surface area contributed by atoms with Gasteiger partial charge in [-0.3, -0.25) is 4.98 Å². The van der Waals surface area contributed by atoms with Crippen LogP contribution in [0.2, 0.25) is 0 Å². The first-order chi connectivity index (χ1) is 12.3. The Morgan fingerprint density at radius 3 is 2.20 bits per heavy atom. The van der Waals surface area contributed by atoms with Crippen molar-refractivity contribution in [2.45, 2.75) is 0 Å². The van der Waals surface area contributed by atoms with Gasteiger partial charge in [0, 0.05) is 36.8 Å². The number of pyridine rings is 1. The van der Waals surface area contributed by atoms with Crippen LogP contribution in [-0.4, -0.2) is 14.5 Å². The van der Waals surface area contributed by atoms with E-state index in [1.807, 2.05) is 84.5 Å². The fourth-order valence-electron chi connectivity index (χ4n) is 2.73. The van der Waals surface area contributed by atoms with Crippen LogP contribution in [0.15, 0.2) is 85.3 Å². The van der Waals surface area contributed by atoms with E-state index in [2.05, 4.69) is 9.97 Å². The second-order valence-electron chi connectivity index (χ2n) is 5.73. The molecule has 0 aliphatic carbocycles. The molecular weight excluding hydrogens is 310 g/mol. The van der Waals surface area contributed by atoms with Crippen LogP contribution in [0.5, 0.6) is 11.5 Å². The second kappa shape index (κ2) is 6.61. The van der Waals surface area contributed by atoms with Crippen molar-refractivity contribution in [1.82, 2.24) is 14.5 Å². The van der Waals surface area contributed by atoms with Crippen molar-refractivity contribution in [3.63, 3.8) is 0 Å². The number of rotatable bonds is 4. The number of hydrogen-bond acceptors (Lipinski definition) is 3. The van der Waals surface area contributed by atoms with E-state index in [4.69, 9.17) is 4.74 Å². The summed E-state index contributed by atoms with van der Waals surface area (Å²) in [5.74, 6) is 2.46. The maximum atomic E-state index is 6.05. The van der Waals surface area contributed by atoms with Crippen molar-refractivity contribution in [2.75, 3.05) is 0 Å². The molecule has 0 N–H and O–H groups in total. The number of imidazole rings is 1. The molecule has 4 aromatic rings. The van der Waals surface area contributed by atoms with E-state index in [1.165, 1.54) is 0 Å². The molecule has 4 nitrogen and oxygen atoms in total. The Balaban J connectivity index is 1.62. The third-order valence-electron chi connectivity index (χ3n) is 3.94. The molecule has 2 aromatic carbocycles. The predicted octanol–water partition coefficient (Wildman–Crippen LogP) is 4.94. The van der Waals surface area contributed by atoms with Gasteiger partial charge in [0.05, 0.1) is 5.69 Å². The van der Waals surface area contributed by atoms with E-state index in [1.54, 1.807) is 12.4 Å². The largest absolute Gasteiger partial charge is 0.457 e. The zero-order valence-electron chi connectivity index (χ0n) is 13.8. The van der Waals surface area contributed by atoms with E-state index < -0.39 is 0 Å². The number of ether oxygens (including phenoxy) is 1. The maximum absolute atomic E-state index is 6.05. The first-order valence-electron chi connectivity index (χ1n) is 8.07. The Kier molecular flexibility index (Phi) is 4.01. The monoisotopic (exact) mass is 327 g/mol. The fourth-order valence-corrected chi connectivity index (χ4v) is 2.73. The first kappa shape index (κ1) is 15.1. The Morgan fingerprint density at radius 2 is 1.52 bits per heavy atom. The summed E-state index contributed by atoms with van der Waals surface area (Å²) in [4.78, 5) is 8.78. The van der Waals surface area contributed by atoms with Crippen molar-refractivity contribution < 1.29 is 4.74 Å². The third kappa shape index (κ3) is 3.28. The van der Waals surface area contributed by atoms with E-state index >= 15 is 0 Å². The highest BCUT2D eigenvalue weighted by atomic mass is 16.5. The smallest absolute Gasteiger partial charge is 0.139 e. The van der Waals surface area contributed by atoms with Crippen LogP contribution in [-0.2, 0) is 7.05 Å². The molecular formula is C21H17N3O. The minimum absolute atomic E-state index is 0.777. The van der Waals surface area contributed by atoms with Crippen LogP contribution >= 0.6 is 0 Å². The average Bonchev–Trinajstić information content (AvgIpc) is 3.09. The topological polar surface area (TPSA) is 39.9 Å². The SMILES string of the molecule is Cn1ccnc1-c1cccc(Oc2cccc(-c3ccccn3)c2)c1. The third-order valence-corrected chi connectivity index (χ3v) is 3.94. The average molecular weight is 327 g/mol. The first-order valence-corrected chi connectivity index (χ1v) is 8.07. The Hall–Kier alpha value is -3.40. The highest BCUT2D eigenvalue weighted by Crippen LogP contribution is 2.28. The highest BCUT2D eigenvalue weighted by molar-refractivity contribution is 5.62. The van der Waals surface area contributed by atoms with Crippen LogP contribution in [0.3, 0.4) is 0 Å². The van der Waals surface area contributed by atoms with E-state index in [0.29, 0.717) is 0 Å². The highest BCUT2D eigenvalue weighted by Gasteiger charge is 2.06. The van der Waals surface area contributed by atoms with Crippen LogP contribution in [0.4, 0.5) is 0 Å². The standard InChI is InChI=1S/C21H17N3O/c1-24-13-12-23-21(24)17-7-5-9-19(15-17)25-18-8-4-6-16(14-18)20-10-2-3-11-22-20/h2-15H,1H3. The zero-order chi connectivity index (χ0) is 17.1. The van der Waals surface area contributed by atoms with Gasteiger partial charge in [0.2, 0.25) is 0 Å². The minimum Gasteiger partial charge on any atom is -0.457 e. The number of nitrogens with zero attached hydrogens (tertiary/aromatic N) is 3. The summed E-state index contributed by atoms with van der Waals surface area (Å²) in [6, 6.07) is 21.8. The normalized spacial score (nSPS) is 10.6. The molecule has 4 heteroatoms. The lowest BCUT2D eigenvalue weighted by molar-refractivity contribution is 0.483. The molecule has 0 radical (unpaired) electrons. The molecule has 25 heavy (non-hydrogen) atoms.